The fourth-order valence-corrected chi connectivity index (χ4v) is 7.58. The average molecular weight is 483 g/mol. The van der Waals surface area contributed by atoms with E-state index in [4.69, 9.17) is 14.2 Å². The molecule has 5 atom stereocenters. The first-order valence-corrected chi connectivity index (χ1v) is 13.7. The molecular weight excluding hydrogens is 444 g/mol. The molecule has 6 rings (SSSR count). The van der Waals surface area contributed by atoms with Crippen LogP contribution in [0, 0.1) is 17.3 Å². The summed E-state index contributed by atoms with van der Waals surface area (Å²) in [7, 11) is 1.76. The quantitative estimate of drug-likeness (QED) is 0.345. The van der Waals surface area contributed by atoms with Gasteiger partial charge in [-0.3, -0.25) is 0 Å². The van der Waals surface area contributed by atoms with E-state index in [0.717, 1.165) is 36.4 Å². The Morgan fingerprint density at radius 1 is 0.806 bits per heavy atom. The normalized spacial score (nSPS) is 28.6. The van der Waals surface area contributed by atoms with Crippen LogP contribution in [0.4, 0.5) is 0 Å². The maximum Gasteiger partial charge on any atom is 0.161 e. The van der Waals surface area contributed by atoms with Gasteiger partial charge in [0.2, 0.25) is 0 Å². The first kappa shape index (κ1) is 23.6. The molecule has 3 aliphatic rings. The third-order valence-corrected chi connectivity index (χ3v) is 9.45. The molecule has 3 aromatic carbocycles. The Balaban J connectivity index is 1.18. The Kier molecular flexibility index (Phi) is 6.52. The fraction of sp³-hybridized carbons (Fsp3) is 0.455. The van der Waals surface area contributed by atoms with E-state index in [2.05, 4.69) is 73.7 Å². The zero-order valence-electron chi connectivity index (χ0n) is 21.6. The summed E-state index contributed by atoms with van der Waals surface area (Å²) < 4.78 is 18.7. The van der Waals surface area contributed by atoms with Gasteiger partial charge < -0.3 is 14.2 Å². The minimum absolute atomic E-state index is 0.288. The molecule has 0 aliphatic heterocycles. The van der Waals surface area contributed by atoms with E-state index in [1.54, 1.807) is 7.11 Å². The maximum atomic E-state index is 6.59. The van der Waals surface area contributed by atoms with Crippen LogP contribution in [0.15, 0.2) is 72.8 Å². The first-order valence-electron chi connectivity index (χ1n) is 13.7. The molecular formula is C33H38O3. The third-order valence-electron chi connectivity index (χ3n) is 9.45. The van der Waals surface area contributed by atoms with E-state index in [-0.39, 0.29) is 5.41 Å². The van der Waals surface area contributed by atoms with Crippen molar-refractivity contribution < 1.29 is 14.2 Å². The molecule has 0 aromatic heterocycles. The van der Waals surface area contributed by atoms with Crippen molar-refractivity contribution >= 4 is 0 Å². The van der Waals surface area contributed by atoms with Crippen molar-refractivity contribution in [2.24, 2.45) is 17.3 Å². The summed E-state index contributed by atoms with van der Waals surface area (Å²) in [5, 5.41) is 0. The van der Waals surface area contributed by atoms with E-state index >= 15 is 0 Å². The lowest BCUT2D eigenvalue weighted by molar-refractivity contribution is -0.0707. The van der Waals surface area contributed by atoms with Crippen LogP contribution in [0.3, 0.4) is 0 Å². The number of fused-ring (bicyclic) bond motifs is 5. The van der Waals surface area contributed by atoms with Gasteiger partial charge in [0, 0.05) is 0 Å². The molecule has 3 aromatic rings. The van der Waals surface area contributed by atoms with Crippen molar-refractivity contribution in [1.29, 1.82) is 0 Å². The molecule has 0 bridgehead atoms. The summed E-state index contributed by atoms with van der Waals surface area (Å²) in [5.41, 5.74) is 5.71. The van der Waals surface area contributed by atoms with Crippen molar-refractivity contribution in [1.82, 2.24) is 0 Å². The Morgan fingerprint density at radius 3 is 2.25 bits per heavy atom. The summed E-state index contributed by atoms with van der Waals surface area (Å²) >= 11 is 0. The average Bonchev–Trinajstić information content (AvgIpc) is 3.27. The molecule has 0 spiro atoms. The highest BCUT2D eigenvalue weighted by Crippen LogP contribution is 2.62. The summed E-state index contributed by atoms with van der Waals surface area (Å²) in [5.74, 6) is 3.84. The molecule has 3 aliphatic carbocycles. The predicted molar refractivity (Wildman–Crippen MR) is 143 cm³/mol. The number of ether oxygens (including phenoxy) is 3. The minimum atomic E-state index is 0.288. The summed E-state index contributed by atoms with van der Waals surface area (Å²) in [6.07, 6.45) is 7.74. The van der Waals surface area contributed by atoms with Gasteiger partial charge in [-0.2, -0.15) is 0 Å². The smallest absolute Gasteiger partial charge is 0.161 e. The molecule has 0 amide bonds. The van der Waals surface area contributed by atoms with Crippen LogP contribution in [-0.2, 0) is 24.4 Å². The summed E-state index contributed by atoms with van der Waals surface area (Å²) in [6.45, 7) is 3.81. The number of aryl methyl sites for hydroxylation is 1. The minimum Gasteiger partial charge on any atom is -0.493 e. The van der Waals surface area contributed by atoms with Crippen molar-refractivity contribution in [2.45, 2.75) is 70.7 Å². The summed E-state index contributed by atoms with van der Waals surface area (Å²) in [6, 6.07) is 25.6. The number of benzene rings is 3. The second-order valence-electron chi connectivity index (χ2n) is 11.3. The fourth-order valence-electron chi connectivity index (χ4n) is 7.58. The third kappa shape index (κ3) is 4.32. The van der Waals surface area contributed by atoms with Gasteiger partial charge in [0.15, 0.2) is 11.5 Å². The van der Waals surface area contributed by atoms with Crippen LogP contribution >= 0.6 is 0 Å². The Hall–Kier alpha value is -2.78. The van der Waals surface area contributed by atoms with Crippen molar-refractivity contribution in [3.63, 3.8) is 0 Å². The van der Waals surface area contributed by atoms with Crippen molar-refractivity contribution in [3.8, 4) is 11.5 Å². The van der Waals surface area contributed by atoms with E-state index < -0.39 is 0 Å². The lowest BCUT2D eigenvalue weighted by Gasteiger charge is -2.50. The van der Waals surface area contributed by atoms with Gasteiger partial charge in [0.1, 0.15) is 6.61 Å². The number of hydrogen-bond acceptors (Lipinski definition) is 3. The maximum absolute atomic E-state index is 6.59. The van der Waals surface area contributed by atoms with Gasteiger partial charge in [-0.15, -0.1) is 0 Å². The molecule has 36 heavy (non-hydrogen) atoms. The van der Waals surface area contributed by atoms with E-state index in [1.165, 1.54) is 54.4 Å². The van der Waals surface area contributed by atoms with Crippen LogP contribution in [0.2, 0.25) is 0 Å². The Bertz CT molecular complexity index is 1170. The molecule has 2 saturated carbocycles. The molecule has 0 heterocycles. The van der Waals surface area contributed by atoms with Crippen LogP contribution in [-0.4, -0.2) is 13.2 Å². The van der Waals surface area contributed by atoms with Crippen LogP contribution in [0.25, 0.3) is 0 Å². The molecule has 0 radical (unpaired) electrons. The van der Waals surface area contributed by atoms with Gasteiger partial charge in [0.25, 0.3) is 0 Å². The highest BCUT2D eigenvalue weighted by Gasteiger charge is 2.55. The van der Waals surface area contributed by atoms with Gasteiger partial charge >= 0.3 is 0 Å². The van der Waals surface area contributed by atoms with Crippen LogP contribution < -0.4 is 9.47 Å². The second kappa shape index (κ2) is 9.94. The van der Waals surface area contributed by atoms with E-state index in [0.29, 0.717) is 18.6 Å². The van der Waals surface area contributed by atoms with Gasteiger partial charge in [-0.05, 0) is 96.1 Å². The number of methoxy groups -OCH3 is 1. The van der Waals surface area contributed by atoms with Gasteiger partial charge in [0.05, 0.1) is 19.8 Å². The van der Waals surface area contributed by atoms with E-state index in [9.17, 15) is 0 Å². The van der Waals surface area contributed by atoms with Crippen LogP contribution in [0.5, 0.6) is 11.5 Å². The van der Waals surface area contributed by atoms with Crippen LogP contribution in [0.1, 0.15) is 67.2 Å². The molecule has 0 saturated heterocycles. The second-order valence-corrected chi connectivity index (χ2v) is 11.3. The zero-order chi connectivity index (χ0) is 24.5. The highest BCUT2D eigenvalue weighted by molar-refractivity contribution is 5.50. The molecule has 2 fully saturated rings. The molecule has 0 N–H and O–H groups in total. The molecule has 3 heteroatoms. The molecule has 0 unspecified atom stereocenters. The first-order chi connectivity index (χ1) is 17.7. The largest absolute Gasteiger partial charge is 0.493 e. The standard InChI is InChI=1S/C33H38O3/c1-33-18-17-26-27(29(33)15-16-32(33)36-22-24-11-7-4-8-12-24)14-13-25-19-31(30(34-2)20-28(25)26)35-21-23-9-5-3-6-10-23/h3-12,19-20,26-27,29,32H,13-18,21-22H2,1-2H3/t26-,27+,29-,32-,33-/m0/s1. The van der Waals surface area contributed by atoms with Gasteiger partial charge in [-0.25, -0.2) is 0 Å². The Morgan fingerprint density at radius 2 is 1.53 bits per heavy atom. The summed E-state index contributed by atoms with van der Waals surface area (Å²) in [4.78, 5) is 0. The zero-order valence-corrected chi connectivity index (χ0v) is 21.6. The topological polar surface area (TPSA) is 27.7 Å². The van der Waals surface area contributed by atoms with E-state index in [1.807, 2.05) is 6.07 Å². The van der Waals surface area contributed by atoms with Crippen molar-refractivity contribution in [2.75, 3.05) is 7.11 Å². The number of rotatable bonds is 7. The molecule has 3 nitrogen and oxygen atoms in total. The SMILES string of the molecule is COc1cc2c(cc1OCc1ccccc1)CC[C@@H]1[C@@H]2CC[C@]2(C)[C@@H](OCc3ccccc3)CC[C@@H]12. The Labute approximate surface area is 215 Å². The lowest BCUT2D eigenvalue weighted by atomic mass is 9.55. The monoisotopic (exact) mass is 482 g/mol. The van der Waals surface area contributed by atoms with Gasteiger partial charge in [-0.1, -0.05) is 67.6 Å². The van der Waals surface area contributed by atoms with Crippen molar-refractivity contribution in [3.05, 3.63) is 95.1 Å². The molecule has 188 valence electrons. The predicted octanol–water partition coefficient (Wildman–Crippen LogP) is 7.72. The number of hydrogen-bond donors (Lipinski definition) is 0. The lowest BCUT2D eigenvalue weighted by Crippen LogP contribution is -2.44. The highest BCUT2D eigenvalue weighted by atomic mass is 16.5.